The number of nitro benzene ring substituents is 1. The van der Waals surface area contributed by atoms with Crippen LogP contribution in [-0.2, 0) is 25.5 Å². The van der Waals surface area contributed by atoms with Crippen LogP contribution in [0.5, 0.6) is 5.75 Å². The standard InChI is InChI=1S/C20H21N3O7/c1-13-7-8-17(29-2)15(9-13)22-18(24)11-21-19(25)12-30-20(26)10-14-5-3-4-6-16(14)23(27)28/h3-9H,10-12H2,1-2H3,(H,21,25)(H,22,24). The Bertz CT molecular complexity index is 959. The SMILES string of the molecule is COc1ccc(C)cc1NC(=O)CNC(=O)COC(=O)Cc1ccccc1[N+](=O)[O-]. The second-order valence-corrected chi connectivity index (χ2v) is 6.25. The van der Waals surface area contributed by atoms with E-state index in [9.17, 15) is 24.5 Å². The lowest BCUT2D eigenvalue weighted by Crippen LogP contribution is -2.35. The highest BCUT2D eigenvalue weighted by Gasteiger charge is 2.17. The normalized spacial score (nSPS) is 10.1. The second kappa shape index (κ2) is 10.6. The number of esters is 1. The van der Waals surface area contributed by atoms with Crippen LogP contribution in [0.2, 0.25) is 0 Å². The van der Waals surface area contributed by atoms with Crippen LogP contribution in [0.3, 0.4) is 0 Å². The van der Waals surface area contributed by atoms with E-state index in [0.29, 0.717) is 11.4 Å². The average molecular weight is 415 g/mol. The first-order valence-electron chi connectivity index (χ1n) is 8.89. The highest BCUT2D eigenvalue weighted by molar-refractivity contribution is 5.96. The molecule has 0 saturated carbocycles. The Labute approximate surface area is 172 Å². The molecule has 0 bridgehead atoms. The predicted octanol–water partition coefficient (Wildman–Crippen LogP) is 1.75. The lowest BCUT2D eigenvalue weighted by Gasteiger charge is -2.11. The third-order valence-electron chi connectivity index (χ3n) is 3.96. The quantitative estimate of drug-likeness (QED) is 0.362. The summed E-state index contributed by atoms with van der Waals surface area (Å²) < 4.78 is 9.98. The largest absolute Gasteiger partial charge is 0.495 e. The molecule has 2 aromatic rings. The first-order chi connectivity index (χ1) is 14.3. The number of hydrogen-bond acceptors (Lipinski definition) is 7. The Morgan fingerprint density at radius 3 is 2.53 bits per heavy atom. The van der Waals surface area contributed by atoms with Gasteiger partial charge in [0.25, 0.3) is 11.6 Å². The van der Waals surface area contributed by atoms with E-state index >= 15 is 0 Å². The summed E-state index contributed by atoms with van der Waals surface area (Å²) in [5.41, 5.74) is 1.36. The van der Waals surface area contributed by atoms with E-state index in [1.54, 1.807) is 18.2 Å². The molecule has 0 radical (unpaired) electrons. The van der Waals surface area contributed by atoms with Crippen molar-refractivity contribution in [2.45, 2.75) is 13.3 Å². The number of amides is 2. The van der Waals surface area contributed by atoms with Crippen molar-refractivity contribution in [2.24, 2.45) is 0 Å². The summed E-state index contributed by atoms with van der Waals surface area (Å²) in [4.78, 5) is 46.0. The zero-order valence-corrected chi connectivity index (χ0v) is 16.5. The lowest BCUT2D eigenvalue weighted by molar-refractivity contribution is -0.385. The Morgan fingerprint density at radius 1 is 1.10 bits per heavy atom. The average Bonchev–Trinajstić information content (AvgIpc) is 2.71. The Morgan fingerprint density at radius 2 is 1.83 bits per heavy atom. The number of hydrogen-bond donors (Lipinski definition) is 2. The van der Waals surface area contributed by atoms with Gasteiger partial charge in [0, 0.05) is 11.6 Å². The highest BCUT2D eigenvalue weighted by atomic mass is 16.6. The maximum Gasteiger partial charge on any atom is 0.311 e. The van der Waals surface area contributed by atoms with E-state index in [-0.39, 0.29) is 24.2 Å². The number of carbonyl (C=O) groups excluding carboxylic acids is 3. The van der Waals surface area contributed by atoms with Crippen molar-refractivity contribution in [1.82, 2.24) is 5.32 Å². The van der Waals surface area contributed by atoms with Gasteiger partial charge >= 0.3 is 5.97 Å². The summed E-state index contributed by atoms with van der Waals surface area (Å²) in [6.07, 6.45) is -0.349. The molecule has 10 heteroatoms. The Kier molecular flexibility index (Phi) is 7.86. The van der Waals surface area contributed by atoms with E-state index in [1.165, 1.54) is 25.3 Å². The lowest BCUT2D eigenvalue weighted by atomic mass is 10.1. The third kappa shape index (κ3) is 6.59. The zero-order valence-electron chi connectivity index (χ0n) is 16.5. The first-order valence-corrected chi connectivity index (χ1v) is 8.89. The molecular weight excluding hydrogens is 394 g/mol. The molecule has 30 heavy (non-hydrogen) atoms. The van der Waals surface area contributed by atoms with Gasteiger partial charge in [-0.3, -0.25) is 24.5 Å². The van der Waals surface area contributed by atoms with Crippen molar-refractivity contribution in [1.29, 1.82) is 0 Å². The van der Waals surface area contributed by atoms with E-state index in [1.807, 2.05) is 13.0 Å². The number of nitrogens with zero attached hydrogens (tertiary/aromatic N) is 1. The Balaban J connectivity index is 1.78. The van der Waals surface area contributed by atoms with Gasteiger partial charge in [0.2, 0.25) is 5.91 Å². The predicted molar refractivity (Wildman–Crippen MR) is 107 cm³/mol. The van der Waals surface area contributed by atoms with Crippen molar-refractivity contribution in [2.75, 3.05) is 25.6 Å². The summed E-state index contributed by atoms with van der Waals surface area (Å²) in [5.74, 6) is -1.49. The van der Waals surface area contributed by atoms with Gasteiger partial charge in [-0.25, -0.2) is 0 Å². The summed E-state index contributed by atoms with van der Waals surface area (Å²) in [6.45, 7) is 0.910. The van der Waals surface area contributed by atoms with Crippen LogP contribution < -0.4 is 15.4 Å². The monoisotopic (exact) mass is 415 g/mol. The minimum absolute atomic E-state index is 0.180. The molecule has 0 aliphatic heterocycles. The van der Waals surface area contributed by atoms with Gasteiger partial charge in [0.05, 0.1) is 30.7 Å². The van der Waals surface area contributed by atoms with Gasteiger partial charge in [-0.05, 0) is 24.6 Å². The third-order valence-corrected chi connectivity index (χ3v) is 3.96. The first kappa shape index (κ1) is 22.3. The van der Waals surface area contributed by atoms with Gasteiger partial charge in [0.1, 0.15) is 5.75 Å². The number of benzene rings is 2. The van der Waals surface area contributed by atoms with Gasteiger partial charge in [-0.15, -0.1) is 0 Å². The number of carbonyl (C=O) groups is 3. The molecule has 0 saturated heterocycles. The molecule has 158 valence electrons. The highest BCUT2D eigenvalue weighted by Crippen LogP contribution is 2.25. The summed E-state index contributed by atoms with van der Waals surface area (Å²) >= 11 is 0. The number of aryl methyl sites for hydroxylation is 1. The van der Waals surface area contributed by atoms with Gasteiger partial charge in [-0.1, -0.05) is 24.3 Å². The van der Waals surface area contributed by atoms with Crippen molar-refractivity contribution in [3.63, 3.8) is 0 Å². The molecule has 2 aromatic carbocycles. The molecule has 0 fully saturated rings. The van der Waals surface area contributed by atoms with E-state index in [0.717, 1.165) is 5.56 Å². The van der Waals surface area contributed by atoms with Crippen LogP contribution in [0.15, 0.2) is 42.5 Å². The number of rotatable bonds is 9. The van der Waals surface area contributed by atoms with Gasteiger partial charge in [-0.2, -0.15) is 0 Å². The maximum absolute atomic E-state index is 12.0. The summed E-state index contributed by atoms with van der Waals surface area (Å²) in [5, 5.41) is 15.9. The molecule has 10 nitrogen and oxygen atoms in total. The Hall–Kier alpha value is -3.95. The van der Waals surface area contributed by atoms with Crippen LogP contribution in [0.25, 0.3) is 0 Å². The van der Waals surface area contributed by atoms with Crippen molar-refractivity contribution in [3.8, 4) is 5.75 Å². The van der Waals surface area contributed by atoms with Crippen LogP contribution in [0, 0.1) is 17.0 Å². The van der Waals surface area contributed by atoms with Gasteiger partial charge in [0.15, 0.2) is 6.61 Å². The molecule has 0 spiro atoms. The van der Waals surface area contributed by atoms with Crippen LogP contribution >= 0.6 is 0 Å². The number of nitrogens with one attached hydrogen (secondary N) is 2. The van der Waals surface area contributed by atoms with E-state index in [2.05, 4.69) is 10.6 Å². The number of para-hydroxylation sites is 1. The molecule has 2 N–H and O–H groups in total. The molecule has 0 aliphatic carbocycles. The maximum atomic E-state index is 12.0. The molecular formula is C20H21N3O7. The molecule has 2 rings (SSSR count). The molecule has 0 heterocycles. The number of anilines is 1. The number of methoxy groups -OCH3 is 1. The summed E-state index contributed by atoms with van der Waals surface area (Å²) in [6, 6.07) is 11.0. The van der Waals surface area contributed by atoms with Crippen LogP contribution in [0.1, 0.15) is 11.1 Å². The molecule has 2 amide bonds. The number of nitro groups is 1. The van der Waals surface area contributed by atoms with Gasteiger partial charge < -0.3 is 20.1 Å². The fourth-order valence-electron chi connectivity index (χ4n) is 2.53. The van der Waals surface area contributed by atoms with Crippen molar-refractivity contribution >= 4 is 29.2 Å². The van der Waals surface area contributed by atoms with E-state index < -0.39 is 29.3 Å². The molecule has 0 aliphatic rings. The fraction of sp³-hybridized carbons (Fsp3) is 0.250. The minimum atomic E-state index is -0.798. The number of ether oxygens (including phenoxy) is 2. The fourth-order valence-corrected chi connectivity index (χ4v) is 2.53. The van der Waals surface area contributed by atoms with Crippen molar-refractivity contribution < 1.29 is 28.8 Å². The minimum Gasteiger partial charge on any atom is -0.495 e. The molecule has 0 atom stereocenters. The van der Waals surface area contributed by atoms with Crippen LogP contribution in [-0.4, -0.2) is 43.0 Å². The van der Waals surface area contributed by atoms with Crippen LogP contribution in [0.4, 0.5) is 11.4 Å². The summed E-state index contributed by atoms with van der Waals surface area (Å²) in [7, 11) is 1.47. The van der Waals surface area contributed by atoms with Crippen molar-refractivity contribution in [3.05, 3.63) is 63.7 Å². The van der Waals surface area contributed by atoms with E-state index in [4.69, 9.17) is 9.47 Å². The molecule has 0 aromatic heterocycles. The second-order valence-electron chi connectivity index (χ2n) is 6.25. The topological polar surface area (TPSA) is 137 Å². The zero-order chi connectivity index (χ0) is 22.1. The smallest absolute Gasteiger partial charge is 0.311 e. The molecule has 0 unspecified atom stereocenters.